The molecule has 0 heterocycles. The topological polar surface area (TPSA) is 112 Å². The Labute approximate surface area is 141 Å². The number of aliphatic hydroxyl groups excluding tert-OH is 2. The number of esters is 2. The van der Waals surface area contributed by atoms with E-state index in [2.05, 4.69) is 13.2 Å². The van der Waals surface area contributed by atoms with Gasteiger partial charge >= 0.3 is 11.9 Å². The number of carbonyl (C=O) groups is 2. The van der Waals surface area contributed by atoms with Gasteiger partial charge in [-0.25, -0.2) is 0 Å². The lowest BCUT2D eigenvalue weighted by molar-refractivity contribution is -0.158. The Balaban J connectivity index is 3.85. The summed E-state index contributed by atoms with van der Waals surface area (Å²) in [5.74, 6) is -1.29. The molecular formula is C16H26O8. The quantitative estimate of drug-likeness (QED) is 0.242. The summed E-state index contributed by atoms with van der Waals surface area (Å²) < 4.78 is 19.8. The largest absolute Gasteiger partial charge is 0.463 e. The van der Waals surface area contributed by atoms with Crippen molar-refractivity contribution in [3.63, 3.8) is 0 Å². The van der Waals surface area contributed by atoms with Crippen molar-refractivity contribution in [2.45, 2.75) is 25.0 Å². The van der Waals surface area contributed by atoms with Gasteiger partial charge in [0.25, 0.3) is 0 Å². The van der Waals surface area contributed by atoms with Crippen LogP contribution in [-0.4, -0.2) is 74.0 Å². The van der Waals surface area contributed by atoms with Gasteiger partial charge in [0.15, 0.2) is 0 Å². The van der Waals surface area contributed by atoms with Crippen molar-refractivity contribution in [1.82, 2.24) is 0 Å². The number of carbonyl (C=O) groups excluding carboxylic acids is 2. The van der Waals surface area contributed by atoms with Gasteiger partial charge in [-0.2, -0.15) is 0 Å². The highest BCUT2D eigenvalue weighted by atomic mass is 16.6. The van der Waals surface area contributed by atoms with Gasteiger partial charge < -0.3 is 29.2 Å². The summed E-state index contributed by atoms with van der Waals surface area (Å²) >= 11 is 0. The maximum absolute atomic E-state index is 11.6. The fourth-order valence-corrected chi connectivity index (χ4v) is 1.45. The van der Waals surface area contributed by atoms with E-state index < -0.39 is 24.1 Å². The average Bonchev–Trinajstić information content (AvgIpc) is 2.57. The first-order valence-electron chi connectivity index (χ1n) is 7.54. The van der Waals surface area contributed by atoms with Crippen LogP contribution in [0.5, 0.6) is 0 Å². The number of rotatable bonds is 15. The summed E-state index contributed by atoms with van der Waals surface area (Å²) in [6.45, 7) is 6.94. The van der Waals surface area contributed by atoms with E-state index in [9.17, 15) is 14.7 Å². The average molecular weight is 346 g/mol. The van der Waals surface area contributed by atoms with Crippen LogP contribution in [0.25, 0.3) is 0 Å². The third-order valence-corrected chi connectivity index (χ3v) is 2.56. The van der Waals surface area contributed by atoms with Crippen LogP contribution in [0.4, 0.5) is 0 Å². The molecule has 0 saturated carbocycles. The molecule has 138 valence electrons. The predicted molar refractivity (Wildman–Crippen MR) is 85.2 cm³/mol. The van der Waals surface area contributed by atoms with E-state index in [1.807, 2.05) is 0 Å². The summed E-state index contributed by atoms with van der Waals surface area (Å²) in [6, 6.07) is 0. The van der Waals surface area contributed by atoms with Crippen LogP contribution in [0.2, 0.25) is 0 Å². The third kappa shape index (κ3) is 12.8. The van der Waals surface area contributed by atoms with Crippen molar-refractivity contribution in [3.8, 4) is 0 Å². The lowest BCUT2D eigenvalue weighted by atomic mass is 10.3. The van der Waals surface area contributed by atoms with Crippen LogP contribution in [0.3, 0.4) is 0 Å². The maximum Gasteiger partial charge on any atom is 0.306 e. The van der Waals surface area contributed by atoms with Crippen LogP contribution in [-0.2, 0) is 28.5 Å². The Morgan fingerprint density at radius 1 is 0.958 bits per heavy atom. The van der Waals surface area contributed by atoms with Crippen molar-refractivity contribution in [2.75, 3.05) is 39.6 Å². The van der Waals surface area contributed by atoms with E-state index in [4.69, 9.17) is 24.1 Å². The standard InChI is InChI=1S/C16H26O8/c1-3-7-21-10-13(18)11-23-15(19)5-6-16(20)24-14(9-17)12-22-8-4-2/h3-4,13-14,17-18H,1-2,5-12H2. The van der Waals surface area contributed by atoms with Gasteiger partial charge in [0.05, 0.1) is 45.9 Å². The minimum absolute atomic E-state index is 0.0181. The second-order valence-corrected chi connectivity index (χ2v) is 4.78. The van der Waals surface area contributed by atoms with Crippen molar-refractivity contribution in [1.29, 1.82) is 0 Å². The van der Waals surface area contributed by atoms with Gasteiger partial charge in [0.1, 0.15) is 18.8 Å². The second-order valence-electron chi connectivity index (χ2n) is 4.78. The monoisotopic (exact) mass is 346 g/mol. The highest BCUT2D eigenvalue weighted by Gasteiger charge is 2.16. The summed E-state index contributed by atoms with van der Waals surface area (Å²) in [5.41, 5.74) is 0. The molecule has 8 heteroatoms. The zero-order valence-electron chi connectivity index (χ0n) is 13.7. The molecule has 0 aliphatic carbocycles. The number of ether oxygens (including phenoxy) is 4. The summed E-state index contributed by atoms with van der Waals surface area (Å²) in [4.78, 5) is 23.0. The second kappa shape index (κ2) is 14.8. The van der Waals surface area contributed by atoms with E-state index in [1.165, 1.54) is 12.2 Å². The predicted octanol–water partition coefficient (Wildman–Crippen LogP) is -0.0200. The molecule has 0 fully saturated rings. The van der Waals surface area contributed by atoms with Gasteiger partial charge in [0.2, 0.25) is 0 Å². The molecule has 2 atom stereocenters. The molecule has 24 heavy (non-hydrogen) atoms. The van der Waals surface area contributed by atoms with Gasteiger partial charge in [-0.1, -0.05) is 12.2 Å². The maximum atomic E-state index is 11.6. The van der Waals surface area contributed by atoms with Crippen molar-refractivity contribution in [3.05, 3.63) is 25.3 Å². The normalized spacial score (nSPS) is 12.9. The molecule has 0 aliphatic rings. The van der Waals surface area contributed by atoms with Gasteiger partial charge in [0, 0.05) is 0 Å². The molecule has 0 aromatic carbocycles. The number of hydrogen-bond acceptors (Lipinski definition) is 8. The Bertz CT molecular complexity index is 382. The molecule has 0 aliphatic heterocycles. The van der Waals surface area contributed by atoms with Gasteiger partial charge in [-0.15, -0.1) is 13.2 Å². The molecule has 0 radical (unpaired) electrons. The number of hydrogen-bond donors (Lipinski definition) is 2. The highest BCUT2D eigenvalue weighted by Crippen LogP contribution is 2.01. The lowest BCUT2D eigenvalue weighted by Crippen LogP contribution is -2.28. The van der Waals surface area contributed by atoms with Crippen molar-refractivity contribution >= 4 is 11.9 Å². The van der Waals surface area contributed by atoms with Crippen LogP contribution in [0, 0.1) is 0 Å². The van der Waals surface area contributed by atoms with E-state index in [-0.39, 0.29) is 45.9 Å². The number of aliphatic hydroxyl groups is 2. The molecule has 0 amide bonds. The zero-order chi connectivity index (χ0) is 18.2. The van der Waals surface area contributed by atoms with Gasteiger partial charge in [-0.3, -0.25) is 9.59 Å². The fraction of sp³-hybridized carbons (Fsp3) is 0.625. The molecule has 0 bridgehead atoms. The molecular weight excluding hydrogens is 320 g/mol. The molecule has 0 aromatic heterocycles. The molecule has 0 rings (SSSR count). The van der Waals surface area contributed by atoms with E-state index in [1.54, 1.807) is 0 Å². The molecule has 2 unspecified atom stereocenters. The van der Waals surface area contributed by atoms with E-state index >= 15 is 0 Å². The van der Waals surface area contributed by atoms with E-state index in [0.717, 1.165) is 0 Å². The molecule has 8 nitrogen and oxygen atoms in total. The summed E-state index contributed by atoms with van der Waals surface area (Å²) in [7, 11) is 0. The molecule has 2 N–H and O–H groups in total. The SMILES string of the molecule is C=CCOCC(O)COC(=O)CCC(=O)OC(CO)COCC=C. The first-order valence-corrected chi connectivity index (χ1v) is 7.54. The zero-order valence-corrected chi connectivity index (χ0v) is 13.7. The first-order chi connectivity index (χ1) is 11.5. The summed E-state index contributed by atoms with van der Waals surface area (Å²) in [6.07, 6.45) is 0.944. The first kappa shape index (κ1) is 22.3. The lowest BCUT2D eigenvalue weighted by Gasteiger charge is -2.15. The Hall–Kier alpha value is -1.74. The van der Waals surface area contributed by atoms with Crippen molar-refractivity contribution in [2.24, 2.45) is 0 Å². The third-order valence-electron chi connectivity index (χ3n) is 2.56. The van der Waals surface area contributed by atoms with E-state index in [0.29, 0.717) is 6.61 Å². The Morgan fingerprint density at radius 2 is 1.54 bits per heavy atom. The van der Waals surface area contributed by atoms with Gasteiger partial charge in [-0.05, 0) is 0 Å². The molecule has 0 aromatic rings. The summed E-state index contributed by atoms with van der Waals surface area (Å²) in [5, 5.41) is 18.5. The van der Waals surface area contributed by atoms with Crippen LogP contribution in [0.1, 0.15) is 12.8 Å². The molecule has 0 spiro atoms. The Morgan fingerprint density at radius 3 is 2.12 bits per heavy atom. The molecule has 0 saturated heterocycles. The fourth-order valence-electron chi connectivity index (χ4n) is 1.45. The highest BCUT2D eigenvalue weighted by molar-refractivity contribution is 5.77. The van der Waals surface area contributed by atoms with Crippen LogP contribution in [0.15, 0.2) is 25.3 Å². The minimum atomic E-state index is -0.943. The van der Waals surface area contributed by atoms with Crippen LogP contribution < -0.4 is 0 Å². The minimum Gasteiger partial charge on any atom is -0.463 e. The van der Waals surface area contributed by atoms with Crippen molar-refractivity contribution < 1.29 is 38.7 Å². The Kier molecular flexibility index (Phi) is 13.8. The smallest absolute Gasteiger partial charge is 0.306 e. The van der Waals surface area contributed by atoms with Crippen LogP contribution >= 0.6 is 0 Å².